The van der Waals surface area contributed by atoms with Gasteiger partial charge < -0.3 is 9.84 Å². The fourth-order valence-electron chi connectivity index (χ4n) is 4.98. The zero-order chi connectivity index (χ0) is 25.6. The summed E-state index contributed by atoms with van der Waals surface area (Å²) >= 11 is 0. The maximum Gasteiger partial charge on any atom is 0.307 e. The number of aryl methyl sites for hydroxylation is 1. The number of hydrogen-bond acceptors (Lipinski definition) is 4. The first-order valence-electron chi connectivity index (χ1n) is 11.3. The number of benzene rings is 2. The van der Waals surface area contributed by atoms with Gasteiger partial charge in [0.05, 0.1) is 17.2 Å². The third-order valence-corrected chi connectivity index (χ3v) is 6.65. The Kier molecular flexibility index (Phi) is 5.99. The molecule has 4 aromatic rings. The molecule has 0 fully saturated rings. The molecular weight excluding hydrogens is 473 g/mol. The minimum Gasteiger partial charge on any atom is -0.485 e. The van der Waals surface area contributed by atoms with Gasteiger partial charge in [-0.05, 0) is 54.8 Å². The number of carboxylic acids is 1. The molecule has 0 saturated heterocycles. The highest BCUT2D eigenvalue weighted by molar-refractivity contribution is 5.97. The Morgan fingerprint density at radius 2 is 1.75 bits per heavy atom. The molecular formula is C27H21F3N2O4. The Morgan fingerprint density at radius 3 is 2.47 bits per heavy atom. The molecule has 5 rings (SSSR count). The highest BCUT2D eigenvalue weighted by Crippen LogP contribution is 2.42. The van der Waals surface area contributed by atoms with Crippen LogP contribution >= 0.6 is 0 Å². The van der Waals surface area contributed by atoms with Crippen molar-refractivity contribution in [2.45, 2.75) is 32.3 Å². The van der Waals surface area contributed by atoms with Crippen molar-refractivity contribution in [1.82, 2.24) is 9.38 Å². The largest absolute Gasteiger partial charge is 0.485 e. The molecule has 0 bridgehead atoms. The van der Waals surface area contributed by atoms with Gasteiger partial charge in [0.1, 0.15) is 29.8 Å². The van der Waals surface area contributed by atoms with E-state index in [1.807, 2.05) is 0 Å². The number of aliphatic carboxylic acids is 1. The molecule has 0 spiro atoms. The van der Waals surface area contributed by atoms with E-state index < -0.39 is 41.0 Å². The average molecular weight is 494 g/mol. The standard InChI is InChI=1S/C27H21F3N2O4/c1-14-25(22(33)12-16-17(27(34)35)11-15-5-2-8-21(30)24(15)16)32-10-4-9-23(26(32)31-14)36-13-18-19(28)6-3-7-20(18)29/h2-10,16-17H,11-13H2,1H3,(H,34,35)/t16-,17+/m0/s1. The second-order valence-electron chi connectivity index (χ2n) is 8.80. The van der Waals surface area contributed by atoms with Crippen LogP contribution in [0.25, 0.3) is 5.65 Å². The van der Waals surface area contributed by atoms with E-state index in [1.54, 1.807) is 31.3 Å². The maximum absolute atomic E-state index is 14.6. The normalized spacial score (nSPS) is 16.8. The fraction of sp³-hybridized carbons (Fsp3) is 0.222. The van der Waals surface area contributed by atoms with Gasteiger partial charge in [0, 0.05) is 18.5 Å². The molecule has 0 unspecified atom stereocenters. The van der Waals surface area contributed by atoms with Crippen LogP contribution in [0, 0.1) is 30.3 Å². The molecule has 6 nitrogen and oxygen atoms in total. The number of rotatable bonds is 7. The van der Waals surface area contributed by atoms with E-state index in [2.05, 4.69) is 4.98 Å². The molecule has 36 heavy (non-hydrogen) atoms. The molecule has 184 valence electrons. The lowest BCUT2D eigenvalue weighted by Crippen LogP contribution is -2.22. The van der Waals surface area contributed by atoms with Gasteiger partial charge in [-0.3, -0.25) is 14.0 Å². The van der Waals surface area contributed by atoms with Crippen LogP contribution in [0.15, 0.2) is 54.7 Å². The van der Waals surface area contributed by atoms with E-state index in [1.165, 1.54) is 22.6 Å². The Balaban J connectivity index is 1.46. The average Bonchev–Trinajstić information content (AvgIpc) is 3.37. The number of aromatic nitrogens is 2. The summed E-state index contributed by atoms with van der Waals surface area (Å²) in [6.45, 7) is 1.24. The van der Waals surface area contributed by atoms with E-state index in [4.69, 9.17) is 4.74 Å². The smallest absolute Gasteiger partial charge is 0.307 e. The van der Waals surface area contributed by atoms with Gasteiger partial charge in [-0.1, -0.05) is 18.2 Å². The lowest BCUT2D eigenvalue weighted by Gasteiger charge is -2.17. The number of carbonyl (C=O) groups is 2. The number of Topliss-reactive ketones (excluding diaryl/α,β-unsaturated/α-hetero) is 1. The first kappa shape index (κ1) is 23.6. The second-order valence-corrected chi connectivity index (χ2v) is 8.80. The number of fused-ring (bicyclic) bond motifs is 2. The fourth-order valence-corrected chi connectivity index (χ4v) is 4.98. The van der Waals surface area contributed by atoms with E-state index in [-0.39, 0.29) is 47.7 Å². The van der Waals surface area contributed by atoms with Gasteiger partial charge in [0.15, 0.2) is 17.2 Å². The van der Waals surface area contributed by atoms with Crippen molar-refractivity contribution in [3.05, 3.63) is 100 Å². The van der Waals surface area contributed by atoms with Crippen molar-refractivity contribution in [2.24, 2.45) is 5.92 Å². The summed E-state index contributed by atoms with van der Waals surface area (Å²) < 4.78 is 49.8. The van der Waals surface area contributed by atoms with Crippen LogP contribution in [0.3, 0.4) is 0 Å². The predicted octanol–water partition coefficient (Wildman–Crippen LogP) is 5.25. The lowest BCUT2D eigenvalue weighted by molar-refractivity contribution is -0.142. The number of carboxylic acid groups (broad SMARTS) is 1. The topological polar surface area (TPSA) is 80.9 Å². The third-order valence-electron chi connectivity index (χ3n) is 6.65. The molecule has 2 aromatic carbocycles. The minimum absolute atomic E-state index is 0.150. The van der Waals surface area contributed by atoms with Crippen LogP contribution in [-0.2, 0) is 17.8 Å². The molecule has 2 aromatic heterocycles. The van der Waals surface area contributed by atoms with Crippen LogP contribution in [-0.4, -0.2) is 26.2 Å². The van der Waals surface area contributed by atoms with E-state index >= 15 is 0 Å². The van der Waals surface area contributed by atoms with Crippen LogP contribution in [0.4, 0.5) is 13.2 Å². The summed E-state index contributed by atoms with van der Waals surface area (Å²) in [6.07, 6.45) is 1.53. The molecule has 0 aliphatic heterocycles. The molecule has 0 amide bonds. The van der Waals surface area contributed by atoms with Gasteiger partial charge >= 0.3 is 5.97 Å². The first-order chi connectivity index (χ1) is 17.3. The molecule has 1 aliphatic carbocycles. The van der Waals surface area contributed by atoms with Gasteiger partial charge in [-0.25, -0.2) is 18.2 Å². The number of pyridine rings is 1. The third kappa shape index (κ3) is 4.00. The van der Waals surface area contributed by atoms with Crippen LogP contribution in [0.1, 0.15) is 45.2 Å². The Labute approximate surface area is 204 Å². The summed E-state index contributed by atoms with van der Waals surface area (Å²) in [6, 6.07) is 11.2. The SMILES string of the molecule is Cc1nc2c(OCc3c(F)cccc3F)cccn2c1C(=O)C[C@@H]1c2c(F)cccc2C[C@H]1C(=O)O. The molecule has 2 atom stereocenters. The van der Waals surface area contributed by atoms with Crippen molar-refractivity contribution in [3.8, 4) is 5.75 Å². The second kappa shape index (κ2) is 9.14. The van der Waals surface area contributed by atoms with Gasteiger partial charge in [0.25, 0.3) is 0 Å². The number of carbonyl (C=O) groups excluding carboxylic acids is 1. The summed E-state index contributed by atoms with van der Waals surface area (Å²) in [4.78, 5) is 29.8. The van der Waals surface area contributed by atoms with Crippen molar-refractivity contribution < 1.29 is 32.6 Å². The Hall–Kier alpha value is -4.14. The van der Waals surface area contributed by atoms with Gasteiger partial charge in [0.2, 0.25) is 0 Å². The summed E-state index contributed by atoms with van der Waals surface area (Å²) in [5.41, 5.74) is 1.46. The maximum atomic E-state index is 14.6. The van der Waals surface area contributed by atoms with Crippen LogP contribution in [0.2, 0.25) is 0 Å². The van der Waals surface area contributed by atoms with Gasteiger partial charge in [-0.2, -0.15) is 0 Å². The summed E-state index contributed by atoms with van der Waals surface area (Å²) in [5.74, 6) is -5.03. The van der Waals surface area contributed by atoms with Crippen molar-refractivity contribution >= 4 is 17.4 Å². The van der Waals surface area contributed by atoms with Crippen molar-refractivity contribution in [3.63, 3.8) is 0 Å². The van der Waals surface area contributed by atoms with E-state index in [0.29, 0.717) is 11.3 Å². The number of nitrogens with zero attached hydrogens (tertiary/aromatic N) is 2. The highest BCUT2D eigenvalue weighted by Gasteiger charge is 2.40. The summed E-state index contributed by atoms with van der Waals surface area (Å²) in [7, 11) is 0. The zero-order valence-corrected chi connectivity index (χ0v) is 19.2. The quantitative estimate of drug-likeness (QED) is 0.355. The number of halogens is 3. The number of ether oxygens (including phenoxy) is 1. The molecule has 1 aliphatic rings. The van der Waals surface area contributed by atoms with Gasteiger partial charge in [-0.15, -0.1) is 0 Å². The van der Waals surface area contributed by atoms with Crippen molar-refractivity contribution in [1.29, 1.82) is 0 Å². The van der Waals surface area contributed by atoms with Crippen LogP contribution in [0.5, 0.6) is 5.75 Å². The molecule has 0 saturated carbocycles. The Bertz CT molecular complexity index is 1490. The van der Waals surface area contributed by atoms with E-state index in [0.717, 1.165) is 12.1 Å². The molecule has 0 radical (unpaired) electrons. The van der Waals surface area contributed by atoms with Crippen LogP contribution < -0.4 is 4.74 Å². The first-order valence-corrected chi connectivity index (χ1v) is 11.3. The number of hydrogen-bond donors (Lipinski definition) is 1. The Morgan fingerprint density at radius 1 is 1.06 bits per heavy atom. The molecule has 1 N–H and O–H groups in total. The summed E-state index contributed by atoms with van der Waals surface area (Å²) in [5, 5.41) is 9.72. The van der Waals surface area contributed by atoms with E-state index in [9.17, 15) is 27.9 Å². The predicted molar refractivity (Wildman–Crippen MR) is 124 cm³/mol. The monoisotopic (exact) mass is 494 g/mol. The number of imidazole rings is 1. The molecule has 2 heterocycles. The number of ketones is 1. The zero-order valence-electron chi connectivity index (χ0n) is 19.2. The molecule has 9 heteroatoms. The van der Waals surface area contributed by atoms with Crippen molar-refractivity contribution in [2.75, 3.05) is 0 Å². The lowest BCUT2D eigenvalue weighted by atomic mass is 9.87. The minimum atomic E-state index is -1.09. The highest BCUT2D eigenvalue weighted by atomic mass is 19.1.